The largest absolute Gasteiger partial charge is 0.311 e. The van der Waals surface area contributed by atoms with E-state index in [-0.39, 0.29) is 0 Å². The molecule has 0 atom stereocenters. The third-order valence-electron chi connectivity index (χ3n) is 13.3. The van der Waals surface area contributed by atoms with E-state index in [0.29, 0.717) is 0 Å². The molecule has 4 nitrogen and oxygen atoms in total. The standard InChI is InChI=1S/C64H54N4/c1-43-13-21-53(22-14-43)65(54-23-15-44(2)16-24-54)57-29-33-59(34-30-57)67-61(49-11-7-9-47(5)37-49)39-51-42-64-52(41-63(51)67)40-62(50-12-8-10-48(6)38-50)68(64)60-35-31-58(32-36-60)66(55-25-17-45(3)18-26-55)56-27-19-46(4)20-28-56/h7-42H,1-6H3. The second kappa shape index (κ2) is 17.5. The summed E-state index contributed by atoms with van der Waals surface area (Å²) in [6.07, 6.45) is 0. The minimum Gasteiger partial charge on any atom is -0.311 e. The normalized spacial score (nSPS) is 11.4. The third kappa shape index (κ3) is 8.05. The van der Waals surface area contributed by atoms with E-state index in [1.165, 1.54) is 55.3 Å². The molecule has 0 N–H and O–H groups in total. The molecular weight excluding hydrogens is 825 g/mol. The van der Waals surface area contributed by atoms with Gasteiger partial charge in [-0.05, 0) is 186 Å². The average molecular weight is 879 g/mol. The van der Waals surface area contributed by atoms with Crippen molar-refractivity contribution in [2.24, 2.45) is 0 Å². The second-order valence-electron chi connectivity index (χ2n) is 18.5. The van der Waals surface area contributed by atoms with Crippen LogP contribution in [0, 0.1) is 41.5 Å². The van der Waals surface area contributed by atoms with Gasteiger partial charge in [-0.2, -0.15) is 0 Å². The van der Waals surface area contributed by atoms with Gasteiger partial charge in [-0.15, -0.1) is 0 Å². The lowest BCUT2D eigenvalue weighted by molar-refractivity contribution is 1.13. The van der Waals surface area contributed by atoms with E-state index in [9.17, 15) is 0 Å². The van der Waals surface area contributed by atoms with Gasteiger partial charge in [0.25, 0.3) is 0 Å². The molecule has 0 saturated carbocycles. The molecular formula is C64H54N4. The molecule has 0 fully saturated rings. The fourth-order valence-corrected chi connectivity index (χ4v) is 9.67. The maximum atomic E-state index is 2.44. The highest BCUT2D eigenvalue weighted by Gasteiger charge is 2.21. The molecule has 0 aliphatic carbocycles. The van der Waals surface area contributed by atoms with Crippen molar-refractivity contribution in [2.75, 3.05) is 9.80 Å². The number of rotatable bonds is 10. The van der Waals surface area contributed by atoms with E-state index in [4.69, 9.17) is 0 Å². The molecule has 4 heteroatoms. The van der Waals surface area contributed by atoms with Gasteiger partial charge in [-0.25, -0.2) is 0 Å². The summed E-state index contributed by atoms with van der Waals surface area (Å²) in [7, 11) is 0. The summed E-state index contributed by atoms with van der Waals surface area (Å²) in [6.45, 7) is 12.9. The number of benzene rings is 9. The van der Waals surface area contributed by atoms with Gasteiger partial charge in [0.05, 0.1) is 22.4 Å². The Hall–Kier alpha value is -8.34. The van der Waals surface area contributed by atoms with Crippen LogP contribution in [0.25, 0.3) is 55.7 Å². The Labute approximate surface area is 400 Å². The van der Waals surface area contributed by atoms with Gasteiger partial charge >= 0.3 is 0 Å². The zero-order valence-corrected chi connectivity index (χ0v) is 39.6. The molecule has 0 amide bonds. The van der Waals surface area contributed by atoms with Gasteiger partial charge in [-0.1, -0.05) is 118 Å². The van der Waals surface area contributed by atoms with E-state index in [0.717, 1.165) is 67.9 Å². The Morgan fingerprint density at radius 3 is 0.824 bits per heavy atom. The van der Waals surface area contributed by atoms with Crippen molar-refractivity contribution in [2.45, 2.75) is 41.5 Å². The van der Waals surface area contributed by atoms with Crippen LogP contribution >= 0.6 is 0 Å². The van der Waals surface area contributed by atoms with Gasteiger partial charge in [0.1, 0.15) is 0 Å². The molecule has 0 radical (unpaired) electrons. The first kappa shape index (κ1) is 42.3. The van der Waals surface area contributed by atoms with Crippen molar-refractivity contribution in [1.29, 1.82) is 0 Å². The Kier molecular flexibility index (Phi) is 10.9. The second-order valence-corrected chi connectivity index (χ2v) is 18.5. The van der Waals surface area contributed by atoms with Crippen molar-refractivity contribution >= 4 is 55.9 Å². The highest BCUT2D eigenvalue weighted by Crippen LogP contribution is 2.42. The van der Waals surface area contributed by atoms with E-state index in [1.807, 2.05) is 0 Å². The number of fused-ring (bicyclic) bond motifs is 2. The maximum Gasteiger partial charge on any atom is 0.0542 e. The van der Waals surface area contributed by atoms with Crippen molar-refractivity contribution in [3.8, 4) is 33.9 Å². The Balaban J connectivity index is 1.07. The van der Waals surface area contributed by atoms with Crippen LogP contribution in [-0.2, 0) is 0 Å². The minimum absolute atomic E-state index is 1.10. The van der Waals surface area contributed by atoms with Crippen molar-refractivity contribution in [3.63, 3.8) is 0 Å². The summed E-state index contributed by atoms with van der Waals surface area (Å²) in [6, 6.07) is 80.5. The summed E-state index contributed by atoms with van der Waals surface area (Å²) in [5.74, 6) is 0. The Bertz CT molecular complexity index is 3240. The first-order valence-corrected chi connectivity index (χ1v) is 23.6. The molecule has 11 aromatic rings. The number of aromatic nitrogens is 2. The molecule has 2 heterocycles. The van der Waals surface area contributed by atoms with Crippen LogP contribution in [0.5, 0.6) is 0 Å². The van der Waals surface area contributed by atoms with Crippen molar-refractivity contribution < 1.29 is 0 Å². The predicted octanol–water partition coefficient (Wildman–Crippen LogP) is 17.7. The number of anilines is 6. The lowest BCUT2D eigenvalue weighted by Gasteiger charge is -2.26. The van der Waals surface area contributed by atoms with Crippen LogP contribution in [0.15, 0.2) is 218 Å². The highest BCUT2D eigenvalue weighted by atomic mass is 15.1. The van der Waals surface area contributed by atoms with E-state index in [1.54, 1.807) is 0 Å². The molecule has 68 heavy (non-hydrogen) atoms. The first-order valence-electron chi connectivity index (χ1n) is 23.6. The van der Waals surface area contributed by atoms with Gasteiger partial charge < -0.3 is 18.9 Å². The van der Waals surface area contributed by atoms with Crippen LogP contribution < -0.4 is 9.80 Å². The third-order valence-corrected chi connectivity index (χ3v) is 13.3. The van der Waals surface area contributed by atoms with Crippen LogP contribution in [0.2, 0.25) is 0 Å². The summed E-state index contributed by atoms with van der Waals surface area (Å²) in [4.78, 5) is 4.68. The van der Waals surface area contributed by atoms with E-state index < -0.39 is 0 Å². The number of aryl methyl sites for hydroxylation is 6. The van der Waals surface area contributed by atoms with Gasteiger partial charge in [0.2, 0.25) is 0 Å². The number of hydrogen-bond acceptors (Lipinski definition) is 2. The first-order chi connectivity index (χ1) is 33.1. The van der Waals surface area contributed by atoms with Gasteiger partial charge in [0, 0.05) is 56.3 Å². The molecule has 330 valence electrons. The molecule has 9 aromatic carbocycles. The molecule has 0 spiro atoms. The monoisotopic (exact) mass is 878 g/mol. The molecule has 0 bridgehead atoms. The quantitative estimate of drug-likeness (QED) is 0.136. The summed E-state index contributed by atoms with van der Waals surface area (Å²) >= 11 is 0. The SMILES string of the molecule is Cc1ccc(N(c2ccc(C)cc2)c2ccc(-n3c(-c4cccc(C)c4)cc4cc5c(cc(-c6cccc(C)c6)n5-c5ccc(N(c6ccc(C)cc6)c6ccc(C)cc6)cc5)cc43)cc2)cc1. The molecule has 2 aromatic heterocycles. The van der Waals surface area contributed by atoms with Crippen LogP contribution in [0.3, 0.4) is 0 Å². The summed E-state index contributed by atoms with van der Waals surface area (Å²) in [5.41, 5.74) is 23.3. The summed E-state index contributed by atoms with van der Waals surface area (Å²) < 4.78 is 4.89. The van der Waals surface area contributed by atoms with Crippen LogP contribution in [0.4, 0.5) is 34.1 Å². The molecule has 11 rings (SSSR count). The predicted molar refractivity (Wildman–Crippen MR) is 289 cm³/mol. The van der Waals surface area contributed by atoms with Crippen molar-refractivity contribution in [3.05, 3.63) is 252 Å². The lowest BCUT2D eigenvalue weighted by Crippen LogP contribution is -2.10. The lowest BCUT2D eigenvalue weighted by atomic mass is 10.1. The zero-order valence-electron chi connectivity index (χ0n) is 39.6. The van der Waals surface area contributed by atoms with Crippen molar-refractivity contribution in [1.82, 2.24) is 9.13 Å². The maximum absolute atomic E-state index is 2.44. The Morgan fingerprint density at radius 1 is 0.265 bits per heavy atom. The molecule has 0 aliphatic rings. The zero-order chi connectivity index (χ0) is 46.5. The topological polar surface area (TPSA) is 16.3 Å². The fraction of sp³-hybridized carbons (Fsp3) is 0.0938. The number of nitrogens with zero attached hydrogens (tertiary/aromatic N) is 4. The summed E-state index contributed by atoms with van der Waals surface area (Å²) in [5, 5.41) is 2.35. The fourth-order valence-electron chi connectivity index (χ4n) is 9.67. The van der Waals surface area contributed by atoms with E-state index >= 15 is 0 Å². The van der Waals surface area contributed by atoms with Crippen LogP contribution in [-0.4, -0.2) is 9.13 Å². The van der Waals surface area contributed by atoms with Gasteiger partial charge in [0.15, 0.2) is 0 Å². The van der Waals surface area contributed by atoms with Gasteiger partial charge in [-0.3, -0.25) is 0 Å². The minimum atomic E-state index is 1.10. The van der Waals surface area contributed by atoms with Crippen LogP contribution in [0.1, 0.15) is 33.4 Å². The van der Waals surface area contributed by atoms with E-state index in [2.05, 4.69) is 279 Å². The Morgan fingerprint density at radius 2 is 0.544 bits per heavy atom. The smallest absolute Gasteiger partial charge is 0.0542 e. The molecule has 0 unspecified atom stereocenters. The molecule has 0 saturated heterocycles. The average Bonchev–Trinajstić information content (AvgIpc) is 3.92. The number of hydrogen-bond donors (Lipinski definition) is 0. The molecule has 0 aliphatic heterocycles. The highest BCUT2D eigenvalue weighted by molar-refractivity contribution is 6.02.